The third-order valence-electron chi connectivity index (χ3n) is 2.72. The summed E-state index contributed by atoms with van der Waals surface area (Å²) in [6.07, 6.45) is 0.632. The lowest BCUT2D eigenvalue weighted by molar-refractivity contribution is 0.353. The summed E-state index contributed by atoms with van der Waals surface area (Å²) in [5.74, 6) is 0. The first-order chi connectivity index (χ1) is 9.12. The Morgan fingerprint density at radius 3 is 2.00 bits per heavy atom. The van der Waals surface area contributed by atoms with Gasteiger partial charge >= 0.3 is 0 Å². The van der Waals surface area contributed by atoms with Crippen LogP contribution in [0.15, 0.2) is 34.1 Å². The van der Waals surface area contributed by atoms with Crippen molar-refractivity contribution in [3.05, 3.63) is 24.3 Å². The topological polar surface area (TPSA) is 71.5 Å². The molecule has 0 radical (unpaired) electrons. The van der Waals surface area contributed by atoms with Crippen LogP contribution < -0.4 is 0 Å². The molecule has 0 saturated heterocycles. The summed E-state index contributed by atoms with van der Waals surface area (Å²) in [7, 11) is -2.71. The normalized spacial score (nSPS) is 13.1. The number of benzene rings is 1. The van der Waals surface area contributed by atoms with Gasteiger partial charge in [0.1, 0.15) is 9.79 Å². The molecule has 8 heteroatoms. The van der Waals surface area contributed by atoms with Gasteiger partial charge in [-0.3, -0.25) is 0 Å². The molecule has 0 atom stereocenters. The molecule has 1 aromatic carbocycles. The summed E-state index contributed by atoms with van der Waals surface area (Å²) >= 11 is 0. The van der Waals surface area contributed by atoms with E-state index >= 15 is 0 Å². The lowest BCUT2D eigenvalue weighted by Crippen LogP contribution is -2.38. The molecule has 0 spiro atoms. The second-order valence-electron chi connectivity index (χ2n) is 4.59. The van der Waals surface area contributed by atoms with Crippen LogP contribution in [-0.2, 0) is 19.1 Å². The van der Waals surface area contributed by atoms with Gasteiger partial charge in [0, 0.05) is 23.3 Å². The fourth-order valence-electron chi connectivity index (χ4n) is 1.87. The maximum Gasteiger partial charge on any atom is 0.262 e. The molecule has 0 aromatic heterocycles. The molecule has 0 bridgehead atoms. The first-order valence-corrected chi connectivity index (χ1v) is 9.92. The fraction of sp³-hybridized carbons (Fsp3) is 0.500. The number of halogens is 1. The van der Waals surface area contributed by atoms with E-state index in [0.29, 0.717) is 13.0 Å². The highest BCUT2D eigenvalue weighted by molar-refractivity contribution is 8.14. The minimum absolute atomic E-state index is 0.272. The van der Waals surface area contributed by atoms with Crippen molar-refractivity contribution in [3.63, 3.8) is 0 Å². The van der Waals surface area contributed by atoms with Crippen molar-refractivity contribution >= 4 is 29.8 Å². The smallest absolute Gasteiger partial charge is 0.207 e. The lowest BCUT2D eigenvalue weighted by atomic mass is 10.4. The molecular formula is C12H18ClNO4S2. The zero-order valence-electron chi connectivity index (χ0n) is 11.6. The predicted octanol–water partition coefficient (Wildman–Crippen LogP) is 2.42. The summed E-state index contributed by atoms with van der Waals surface area (Å²) in [6, 6.07) is 5.09. The molecule has 1 aromatic rings. The minimum Gasteiger partial charge on any atom is -0.207 e. The van der Waals surface area contributed by atoms with Gasteiger partial charge in [0.2, 0.25) is 10.0 Å². The molecule has 0 heterocycles. The highest BCUT2D eigenvalue weighted by atomic mass is 35.7. The molecule has 20 heavy (non-hydrogen) atoms. The van der Waals surface area contributed by atoms with Crippen LogP contribution in [0.5, 0.6) is 0 Å². The van der Waals surface area contributed by atoms with Crippen molar-refractivity contribution in [2.45, 2.75) is 43.0 Å². The summed E-state index contributed by atoms with van der Waals surface area (Å²) in [4.78, 5) is -0.666. The first kappa shape index (κ1) is 17.4. The Kier molecular flexibility index (Phi) is 5.60. The molecular weight excluding hydrogens is 322 g/mol. The van der Waals surface area contributed by atoms with Crippen LogP contribution in [0.3, 0.4) is 0 Å². The monoisotopic (exact) mass is 339 g/mol. The van der Waals surface area contributed by atoms with Crippen LogP contribution in [-0.4, -0.2) is 33.7 Å². The van der Waals surface area contributed by atoms with Gasteiger partial charge in [-0.2, -0.15) is 4.31 Å². The Labute approximate surface area is 125 Å². The number of hydrogen-bond donors (Lipinski definition) is 0. The third kappa shape index (κ3) is 3.72. The van der Waals surface area contributed by atoms with Gasteiger partial charge in [-0.05, 0) is 32.4 Å². The second kappa shape index (κ2) is 6.43. The summed E-state index contributed by atoms with van der Waals surface area (Å²) in [5, 5.41) is 0. The molecule has 5 nitrogen and oxygen atoms in total. The van der Waals surface area contributed by atoms with Crippen molar-refractivity contribution in [1.29, 1.82) is 0 Å². The van der Waals surface area contributed by atoms with Crippen LogP contribution in [0.4, 0.5) is 0 Å². The van der Waals surface area contributed by atoms with Crippen LogP contribution in [0.25, 0.3) is 0 Å². The summed E-state index contributed by atoms with van der Waals surface area (Å²) < 4.78 is 49.6. The van der Waals surface area contributed by atoms with Gasteiger partial charge in [-0.25, -0.2) is 16.8 Å². The lowest BCUT2D eigenvalue weighted by Gasteiger charge is -2.26. The Morgan fingerprint density at radius 2 is 1.60 bits per heavy atom. The SMILES string of the molecule is CCCN(C(C)C)S(=O)(=O)c1ccccc1S(=O)(=O)Cl. The third-order valence-corrected chi connectivity index (χ3v) is 6.36. The fourth-order valence-corrected chi connectivity index (χ4v) is 5.41. The van der Waals surface area contributed by atoms with Gasteiger partial charge in [-0.1, -0.05) is 19.1 Å². The molecule has 0 aliphatic rings. The van der Waals surface area contributed by atoms with Crippen LogP contribution in [0, 0.1) is 0 Å². The van der Waals surface area contributed by atoms with Crippen LogP contribution in [0.1, 0.15) is 27.2 Å². The van der Waals surface area contributed by atoms with Gasteiger partial charge in [0.15, 0.2) is 0 Å². The molecule has 0 fully saturated rings. The number of hydrogen-bond acceptors (Lipinski definition) is 4. The zero-order valence-corrected chi connectivity index (χ0v) is 14.0. The molecule has 0 aliphatic heterocycles. The molecule has 0 N–H and O–H groups in total. The van der Waals surface area contributed by atoms with E-state index in [1.165, 1.54) is 28.6 Å². The standard InChI is InChI=1S/C12H18ClNO4S2/c1-4-9-14(10(2)3)20(17,18)12-8-6-5-7-11(12)19(13,15)16/h5-8,10H,4,9H2,1-3H3. The maximum atomic E-state index is 12.6. The highest BCUT2D eigenvalue weighted by Gasteiger charge is 2.31. The Morgan fingerprint density at radius 1 is 1.10 bits per heavy atom. The van der Waals surface area contributed by atoms with E-state index in [4.69, 9.17) is 10.7 Å². The molecule has 114 valence electrons. The minimum atomic E-state index is -4.12. The van der Waals surface area contributed by atoms with Crippen molar-refractivity contribution in [2.24, 2.45) is 0 Å². The maximum absolute atomic E-state index is 12.6. The molecule has 0 unspecified atom stereocenters. The quantitative estimate of drug-likeness (QED) is 0.746. The van der Waals surface area contributed by atoms with Crippen LogP contribution in [0.2, 0.25) is 0 Å². The van der Waals surface area contributed by atoms with E-state index in [0.717, 1.165) is 0 Å². The summed E-state index contributed by atoms with van der Waals surface area (Å²) in [5.41, 5.74) is 0. The molecule has 0 aliphatic carbocycles. The molecule has 0 amide bonds. The van der Waals surface area contributed by atoms with Crippen molar-refractivity contribution < 1.29 is 16.8 Å². The Balaban J connectivity index is 3.51. The average Bonchev–Trinajstić information content (AvgIpc) is 2.34. The number of nitrogens with zero attached hydrogens (tertiary/aromatic N) is 1. The number of sulfonamides is 1. The highest BCUT2D eigenvalue weighted by Crippen LogP contribution is 2.27. The van der Waals surface area contributed by atoms with Gasteiger partial charge in [0.25, 0.3) is 9.05 Å². The van der Waals surface area contributed by atoms with Crippen molar-refractivity contribution in [1.82, 2.24) is 4.31 Å². The van der Waals surface area contributed by atoms with Gasteiger partial charge in [-0.15, -0.1) is 0 Å². The van der Waals surface area contributed by atoms with Crippen molar-refractivity contribution in [3.8, 4) is 0 Å². The van der Waals surface area contributed by atoms with E-state index in [9.17, 15) is 16.8 Å². The first-order valence-electron chi connectivity index (χ1n) is 6.18. The van der Waals surface area contributed by atoms with E-state index < -0.39 is 19.1 Å². The molecule has 1 rings (SSSR count). The van der Waals surface area contributed by atoms with Gasteiger partial charge in [0.05, 0.1) is 0 Å². The largest absolute Gasteiger partial charge is 0.262 e. The Bertz CT molecular complexity index is 668. The zero-order chi connectivity index (χ0) is 15.6. The predicted molar refractivity (Wildman–Crippen MR) is 78.8 cm³/mol. The second-order valence-corrected chi connectivity index (χ2v) is 8.99. The van der Waals surface area contributed by atoms with E-state index in [2.05, 4.69) is 0 Å². The van der Waals surface area contributed by atoms with Crippen molar-refractivity contribution in [2.75, 3.05) is 6.54 Å². The molecule has 0 saturated carbocycles. The van der Waals surface area contributed by atoms with Crippen LogP contribution >= 0.6 is 10.7 Å². The van der Waals surface area contributed by atoms with E-state index in [-0.39, 0.29) is 15.8 Å². The average molecular weight is 340 g/mol. The van der Waals surface area contributed by atoms with E-state index in [1.807, 2.05) is 6.92 Å². The Hall–Kier alpha value is -0.630. The van der Waals surface area contributed by atoms with E-state index in [1.54, 1.807) is 13.8 Å². The van der Waals surface area contributed by atoms with Gasteiger partial charge < -0.3 is 0 Å². The summed E-state index contributed by atoms with van der Waals surface area (Å²) in [6.45, 7) is 5.65. The number of rotatable bonds is 6.